The molecule has 0 saturated carbocycles. The minimum absolute atomic E-state index is 0.0397. The Balaban J connectivity index is 1.95. The van der Waals surface area contributed by atoms with Gasteiger partial charge in [0, 0.05) is 37.1 Å². The molecule has 0 spiro atoms. The molecular formula is C24H35N6O3+. The molecule has 9 heteroatoms. The van der Waals surface area contributed by atoms with E-state index in [2.05, 4.69) is 21.9 Å². The second-order valence-corrected chi connectivity index (χ2v) is 9.19. The topological polar surface area (TPSA) is 83.6 Å². The average molecular weight is 456 g/mol. The van der Waals surface area contributed by atoms with Crippen molar-refractivity contribution < 1.29 is 18.9 Å². The fraction of sp³-hybridized carbons (Fsp3) is 0.542. The van der Waals surface area contributed by atoms with Crippen molar-refractivity contribution in [3.8, 4) is 11.3 Å². The molecule has 1 aliphatic heterocycles. The maximum atomic E-state index is 12.6. The lowest BCUT2D eigenvalue weighted by atomic mass is 9.89. The first-order valence-electron chi connectivity index (χ1n) is 11.4. The molecule has 2 amide bonds. The Labute approximate surface area is 195 Å². The van der Waals surface area contributed by atoms with Crippen molar-refractivity contribution in [1.82, 2.24) is 19.9 Å². The summed E-state index contributed by atoms with van der Waals surface area (Å²) in [7, 11) is 4.09. The zero-order valence-electron chi connectivity index (χ0n) is 20.5. The number of carbonyl (C=O) groups is 2. The van der Waals surface area contributed by atoms with Crippen LogP contribution in [0, 0.1) is 0 Å². The van der Waals surface area contributed by atoms with Crippen molar-refractivity contribution in [3.05, 3.63) is 30.0 Å². The number of hydrogen-bond donors (Lipinski definition) is 0. The quantitative estimate of drug-likeness (QED) is 0.470. The number of benzene rings is 1. The smallest absolute Gasteiger partial charge is 0.409 e. The highest BCUT2D eigenvalue weighted by Crippen LogP contribution is 2.41. The Morgan fingerprint density at radius 1 is 1.33 bits per heavy atom. The summed E-state index contributed by atoms with van der Waals surface area (Å²) < 4.78 is 8.60. The molecular weight excluding hydrogens is 420 g/mol. The minimum Gasteiger partial charge on any atom is -0.409 e. The lowest BCUT2D eigenvalue weighted by molar-refractivity contribution is -0.490. The third kappa shape index (κ3) is 5.65. The van der Waals surface area contributed by atoms with E-state index in [4.69, 9.17) is 4.74 Å². The zero-order valence-corrected chi connectivity index (χ0v) is 20.5. The average Bonchev–Trinajstić information content (AvgIpc) is 3.20. The fourth-order valence-electron chi connectivity index (χ4n) is 4.25. The third-order valence-electron chi connectivity index (χ3n) is 5.76. The van der Waals surface area contributed by atoms with Crippen molar-refractivity contribution in [2.45, 2.75) is 65.3 Å². The predicted molar refractivity (Wildman–Crippen MR) is 128 cm³/mol. The first-order chi connectivity index (χ1) is 15.6. The van der Waals surface area contributed by atoms with E-state index in [1.165, 1.54) is 4.58 Å². The molecule has 1 aromatic carbocycles. The highest BCUT2D eigenvalue weighted by atomic mass is 16.6. The molecule has 2 aromatic rings. The number of aromatic nitrogens is 3. The number of fused-ring (bicyclic) bond motifs is 1. The second-order valence-electron chi connectivity index (χ2n) is 9.19. The number of amides is 2. The van der Waals surface area contributed by atoms with Crippen molar-refractivity contribution in [3.63, 3.8) is 0 Å². The molecule has 3 rings (SSSR count). The van der Waals surface area contributed by atoms with Gasteiger partial charge in [0.05, 0.1) is 11.9 Å². The van der Waals surface area contributed by atoms with Crippen LogP contribution in [0.25, 0.3) is 11.3 Å². The first kappa shape index (κ1) is 24.6. The van der Waals surface area contributed by atoms with Crippen LogP contribution in [0.4, 0.5) is 10.5 Å². The summed E-state index contributed by atoms with van der Waals surface area (Å²) in [5.41, 5.74) is 3.24. The number of carbonyl (C=O) groups excluding carboxylic acids is 2. The molecule has 33 heavy (non-hydrogen) atoms. The number of hydrogen-bond acceptors (Lipinski definition) is 6. The van der Waals surface area contributed by atoms with E-state index in [9.17, 15) is 9.59 Å². The lowest BCUT2D eigenvalue weighted by Gasteiger charge is -2.36. The maximum Gasteiger partial charge on any atom is 0.596 e. The predicted octanol–water partition coefficient (Wildman–Crippen LogP) is 3.34. The number of ether oxygens (including phenoxy) is 1. The summed E-state index contributed by atoms with van der Waals surface area (Å²) >= 11 is 0. The molecule has 0 aliphatic carbocycles. The molecule has 9 nitrogen and oxygen atoms in total. The Morgan fingerprint density at radius 2 is 2.06 bits per heavy atom. The number of anilines is 1. The van der Waals surface area contributed by atoms with Crippen LogP contribution in [-0.2, 0) is 16.1 Å². The Bertz CT molecular complexity index is 1030. The Kier molecular flexibility index (Phi) is 7.63. The van der Waals surface area contributed by atoms with E-state index < -0.39 is 6.09 Å². The molecule has 2 heterocycles. The standard InChI is InChI=1S/C24H35N6O3/c1-16(2)33-24(32)28(7)23-13-17(3)30(18(4)31)22-10-9-19(14-20(22)23)21-15-29(26-25-21)12-8-11-27(5)6/h9-10,14-17,23H,7-8,11-13H2,1-6H3/q+1. The minimum atomic E-state index is -0.485. The van der Waals surface area contributed by atoms with Crippen LogP contribution in [0.1, 0.15) is 52.1 Å². The van der Waals surface area contributed by atoms with Crippen molar-refractivity contribution in [2.75, 3.05) is 25.5 Å². The summed E-state index contributed by atoms with van der Waals surface area (Å²) in [5.74, 6) is -0.0397. The molecule has 178 valence electrons. The van der Waals surface area contributed by atoms with Crippen LogP contribution < -0.4 is 4.90 Å². The van der Waals surface area contributed by atoms with E-state index in [0.717, 1.165) is 42.0 Å². The Morgan fingerprint density at radius 3 is 2.70 bits per heavy atom. The third-order valence-corrected chi connectivity index (χ3v) is 5.76. The number of aryl methyl sites for hydroxylation is 1. The summed E-state index contributed by atoms with van der Waals surface area (Å²) in [6.45, 7) is 12.9. The largest absolute Gasteiger partial charge is 0.596 e. The molecule has 0 fully saturated rings. The SMILES string of the molecule is C=[N+](C(=O)OC(C)C)C1CC(C)N(C(C)=O)c2ccc(-c3cn(CCCN(C)C)nn3)cc21. The van der Waals surface area contributed by atoms with E-state index >= 15 is 0 Å². The van der Waals surface area contributed by atoms with Crippen molar-refractivity contribution in [1.29, 1.82) is 0 Å². The van der Waals surface area contributed by atoms with E-state index in [0.29, 0.717) is 6.42 Å². The normalized spacial score (nSPS) is 17.9. The lowest BCUT2D eigenvalue weighted by Crippen LogP contribution is -2.44. The van der Waals surface area contributed by atoms with Crippen LogP contribution in [0.2, 0.25) is 0 Å². The highest BCUT2D eigenvalue weighted by molar-refractivity contribution is 5.94. The summed E-state index contributed by atoms with van der Waals surface area (Å²) in [6, 6.07) is 5.43. The van der Waals surface area contributed by atoms with Gasteiger partial charge in [0.2, 0.25) is 5.91 Å². The van der Waals surface area contributed by atoms with Crippen LogP contribution in [0.3, 0.4) is 0 Å². The summed E-state index contributed by atoms with van der Waals surface area (Å²) in [5, 5.41) is 8.60. The van der Waals surface area contributed by atoms with Gasteiger partial charge in [-0.2, -0.15) is 4.79 Å². The van der Waals surface area contributed by atoms with Gasteiger partial charge in [0.25, 0.3) is 0 Å². The Hall–Kier alpha value is -3.07. The maximum absolute atomic E-state index is 12.6. The molecule has 0 saturated heterocycles. The summed E-state index contributed by atoms with van der Waals surface area (Å²) in [6.07, 6.45) is 2.73. The number of nitrogens with zero attached hydrogens (tertiary/aromatic N) is 6. The van der Waals surface area contributed by atoms with Crippen LogP contribution in [-0.4, -0.2) is 76.0 Å². The first-order valence-corrected chi connectivity index (χ1v) is 11.4. The van der Waals surface area contributed by atoms with Crippen molar-refractivity contribution in [2.24, 2.45) is 0 Å². The van der Waals surface area contributed by atoms with Gasteiger partial charge in [-0.15, -0.1) is 9.67 Å². The van der Waals surface area contributed by atoms with Crippen molar-refractivity contribution >= 4 is 24.4 Å². The number of rotatable bonds is 7. The molecule has 0 N–H and O–H groups in total. The van der Waals surface area contributed by atoms with Gasteiger partial charge in [-0.3, -0.25) is 9.48 Å². The van der Waals surface area contributed by atoms with Gasteiger partial charge < -0.3 is 14.5 Å². The van der Waals surface area contributed by atoms with Crippen LogP contribution in [0.15, 0.2) is 24.4 Å². The van der Waals surface area contributed by atoms with Gasteiger partial charge in [-0.05, 0) is 60.0 Å². The summed E-state index contributed by atoms with van der Waals surface area (Å²) in [4.78, 5) is 28.9. The molecule has 2 atom stereocenters. The van der Waals surface area contributed by atoms with Gasteiger partial charge >= 0.3 is 6.09 Å². The second kappa shape index (κ2) is 10.2. The van der Waals surface area contributed by atoms with Gasteiger partial charge in [-0.25, -0.2) is 0 Å². The molecule has 0 bridgehead atoms. The van der Waals surface area contributed by atoms with Crippen LogP contribution >= 0.6 is 0 Å². The zero-order chi connectivity index (χ0) is 24.3. The van der Waals surface area contributed by atoms with Gasteiger partial charge in [-0.1, -0.05) is 11.3 Å². The molecule has 1 aromatic heterocycles. The molecule has 1 aliphatic rings. The molecule has 0 radical (unpaired) electrons. The molecule has 2 unspecified atom stereocenters. The van der Waals surface area contributed by atoms with Gasteiger partial charge in [0.1, 0.15) is 18.5 Å². The highest BCUT2D eigenvalue weighted by Gasteiger charge is 2.41. The van der Waals surface area contributed by atoms with E-state index in [1.807, 2.05) is 50.1 Å². The van der Waals surface area contributed by atoms with Gasteiger partial charge in [0.15, 0.2) is 6.04 Å². The van der Waals surface area contributed by atoms with E-state index in [1.54, 1.807) is 25.7 Å². The van der Waals surface area contributed by atoms with E-state index in [-0.39, 0.29) is 24.1 Å². The monoisotopic (exact) mass is 455 g/mol. The fourth-order valence-corrected chi connectivity index (χ4v) is 4.25. The van der Waals surface area contributed by atoms with Crippen LogP contribution in [0.5, 0.6) is 0 Å².